The van der Waals surface area contributed by atoms with E-state index in [1.807, 2.05) is 6.92 Å². The van der Waals surface area contributed by atoms with Crippen LogP contribution in [0.5, 0.6) is 11.5 Å². The second-order valence-corrected chi connectivity index (χ2v) is 7.13. The summed E-state index contributed by atoms with van der Waals surface area (Å²) < 4.78 is 38.6. The van der Waals surface area contributed by atoms with Crippen LogP contribution in [0, 0.1) is 0 Å². The van der Waals surface area contributed by atoms with Gasteiger partial charge in [0.05, 0.1) is 4.90 Å². The maximum Gasteiger partial charge on any atom is 0.241 e. The molecule has 2 heterocycles. The Morgan fingerprint density at radius 1 is 1.24 bits per heavy atom. The highest BCUT2D eigenvalue weighted by Crippen LogP contribution is 2.32. The number of rotatable bonds is 3. The smallest absolute Gasteiger partial charge is 0.241 e. The topological polar surface area (TPSA) is 76.7 Å². The summed E-state index contributed by atoms with van der Waals surface area (Å²) in [5.41, 5.74) is 0. The Hall–Kier alpha value is -1.31. The SMILES string of the molecule is C[C@@H]1NCCC[C@H]1NS(=O)(=O)c1ccc2c(c1)OCCO2. The molecule has 6 nitrogen and oxygen atoms in total. The van der Waals surface area contributed by atoms with Gasteiger partial charge in [0, 0.05) is 18.2 Å². The van der Waals surface area contributed by atoms with Crippen molar-refractivity contribution in [3.63, 3.8) is 0 Å². The maximum atomic E-state index is 12.5. The summed E-state index contributed by atoms with van der Waals surface area (Å²) in [7, 11) is -3.55. The normalized spacial score (nSPS) is 25.6. The van der Waals surface area contributed by atoms with Crippen LogP contribution in [0.1, 0.15) is 19.8 Å². The van der Waals surface area contributed by atoms with Crippen LogP contribution in [-0.4, -0.2) is 40.3 Å². The van der Waals surface area contributed by atoms with Crippen LogP contribution < -0.4 is 19.5 Å². The van der Waals surface area contributed by atoms with Gasteiger partial charge in [0.15, 0.2) is 11.5 Å². The van der Waals surface area contributed by atoms with Gasteiger partial charge >= 0.3 is 0 Å². The lowest BCUT2D eigenvalue weighted by Gasteiger charge is -2.30. The number of piperidine rings is 1. The van der Waals surface area contributed by atoms with Crippen molar-refractivity contribution in [1.82, 2.24) is 10.0 Å². The van der Waals surface area contributed by atoms with E-state index in [0.717, 1.165) is 19.4 Å². The summed E-state index contributed by atoms with van der Waals surface area (Å²) in [6.45, 7) is 3.86. The molecule has 3 rings (SSSR count). The molecule has 0 bridgehead atoms. The molecule has 0 amide bonds. The number of hydrogen-bond acceptors (Lipinski definition) is 5. The van der Waals surface area contributed by atoms with Crippen molar-refractivity contribution in [2.45, 2.75) is 36.7 Å². The minimum atomic E-state index is -3.55. The van der Waals surface area contributed by atoms with Gasteiger partial charge in [0.25, 0.3) is 0 Å². The van der Waals surface area contributed by atoms with Crippen molar-refractivity contribution < 1.29 is 17.9 Å². The molecule has 0 spiro atoms. The number of fused-ring (bicyclic) bond motifs is 1. The first-order valence-electron chi connectivity index (χ1n) is 7.22. The maximum absolute atomic E-state index is 12.5. The fourth-order valence-corrected chi connectivity index (χ4v) is 4.03. The average Bonchev–Trinajstić information content (AvgIpc) is 2.49. The first-order chi connectivity index (χ1) is 10.1. The minimum absolute atomic E-state index is 0.0862. The van der Waals surface area contributed by atoms with E-state index in [2.05, 4.69) is 10.0 Å². The Kier molecular flexibility index (Phi) is 4.05. The van der Waals surface area contributed by atoms with Crippen LogP contribution in [0.3, 0.4) is 0 Å². The van der Waals surface area contributed by atoms with E-state index in [1.54, 1.807) is 12.1 Å². The molecule has 1 saturated heterocycles. The third-order valence-corrected chi connectivity index (χ3v) is 5.38. The van der Waals surface area contributed by atoms with Crippen molar-refractivity contribution in [2.75, 3.05) is 19.8 Å². The van der Waals surface area contributed by atoms with Gasteiger partial charge in [-0.05, 0) is 38.4 Å². The summed E-state index contributed by atoms with van der Waals surface area (Å²) in [6.07, 6.45) is 1.82. The van der Waals surface area contributed by atoms with Gasteiger partial charge in [-0.3, -0.25) is 0 Å². The highest BCUT2D eigenvalue weighted by Gasteiger charge is 2.27. The molecule has 0 radical (unpaired) electrons. The van der Waals surface area contributed by atoms with Crippen molar-refractivity contribution in [2.24, 2.45) is 0 Å². The third-order valence-electron chi connectivity index (χ3n) is 3.89. The molecular weight excluding hydrogens is 292 g/mol. The summed E-state index contributed by atoms with van der Waals surface area (Å²) in [6, 6.07) is 4.77. The van der Waals surface area contributed by atoms with Crippen LogP contribution >= 0.6 is 0 Å². The highest BCUT2D eigenvalue weighted by atomic mass is 32.2. The molecule has 2 N–H and O–H groups in total. The predicted molar refractivity (Wildman–Crippen MR) is 78.2 cm³/mol. The molecule has 2 aliphatic rings. The molecule has 7 heteroatoms. The second-order valence-electron chi connectivity index (χ2n) is 5.42. The lowest BCUT2D eigenvalue weighted by Crippen LogP contribution is -2.51. The summed E-state index contributed by atoms with van der Waals surface area (Å²) in [5.74, 6) is 1.08. The molecule has 116 valence electrons. The molecule has 0 aliphatic carbocycles. The van der Waals surface area contributed by atoms with Gasteiger partial charge in [-0.1, -0.05) is 0 Å². The first kappa shape index (κ1) is 14.6. The monoisotopic (exact) mass is 312 g/mol. The van der Waals surface area contributed by atoms with Gasteiger partial charge in [-0.15, -0.1) is 0 Å². The van der Waals surface area contributed by atoms with Crippen LogP contribution in [0.15, 0.2) is 23.1 Å². The van der Waals surface area contributed by atoms with Gasteiger partial charge in [0.2, 0.25) is 10.0 Å². The van der Waals surface area contributed by atoms with E-state index >= 15 is 0 Å². The van der Waals surface area contributed by atoms with E-state index in [0.29, 0.717) is 24.7 Å². The molecule has 21 heavy (non-hydrogen) atoms. The molecule has 0 aromatic heterocycles. The zero-order valence-corrected chi connectivity index (χ0v) is 12.8. The lowest BCUT2D eigenvalue weighted by molar-refractivity contribution is 0.171. The number of ether oxygens (including phenoxy) is 2. The standard InChI is InChI=1S/C14H20N2O4S/c1-10-12(3-2-6-15-10)16-21(17,18)11-4-5-13-14(9-11)20-8-7-19-13/h4-5,9-10,12,15-16H,2-3,6-8H2,1H3/t10-,12+/m0/s1. The first-order valence-corrected chi connectivity index (χ1v) is 8.70. The number of sulfonamides is 1. The van der Waals surface area contributed by atoms with E-state index in [9.17, 15) is 8.42 Å². The zero-order valence-electron chi connectivity index (χ0n) is 12.0. The molecule has 2 atom stereocenters. The van der Waals surface area contributed by atoms with E-state index < -0.39 is 10.0 Å². The zero-order chi connectivity index (χ0) is 14.9. The molecule has 1 aromatic rings. The number of hydrogen-bond donors (Lipinski definition) is 2. The van der Waals surface area contributed by atoms with Crippen LogP contribution in [0.4, 0.5) is 0 Å². The molecule has 2 aliphatic heterocycles. The number of nitrogens with one attached hydrogen (secondary N) is 2. The molecule has 1 fully saturated rings. The van der Waals surface area contributed by atoms with Gasteiger partial charge in [-0.25, -0.2) is 13.1 Å². The quantitative estimate of drug-likeness (QED) is 0.866. The Morgan fingerprint density at radius 3 is 2.76 bits per heavy atom. The Labute approximate surface area is 124 Å². The average molecular weight is 312 g/mol. The lowest BCUT2D eigenvalue weighted by atomic mass is 10.0. The van der Waals surface area contributed by atoms with Crippen LogP contribution in [-0.2, 0) is 10.0 Å². The van der Waals surface area contributed by atoms with Crippen molar-refractivity contribution in [3.8, 4) is 11.5 Å². The Bertz CT molecular complexity index is 617. The van der Waals surface area contributed by atoms with Crippen molar-refractivity contribution in [3.05, 3.63) is 18.2 Å². The van der Waals surface area contributed by atoms with E-state index in [1.165, 1.54) is 6.07 Å². The summed E-state index contributed by atoms with van der Waals surface area (Å²) in [5, 5.41) is 3.28. The molecule has 1 aromatic carbocycles. The molecule has 0 unspecified atom stereocenters. The summed E-state index contributed by atoms with van der Waals surface area (Å²) in [4.78, 5) is 0.213. The largest absolute Gasteiger partial charge is 0.486 e. The Balaban J connectivity index is 1.81. The fourth-order valence-electron chi connectivity index (χ4n) is 2.66. The van der Waals surface area contributed by atoms with Gasteiger partial charge < -0.3 is 14.8 Å². The van der Waals surface area contributed by atoms with Crippen LogP contribution in [0.2, 0.25) is 0 Å². The van der Waals surface area contributed by atoms with Crippen molar-refractivity contribution >= 4 is 10.0 Å². The van der Waals surface area contributed by atoms with Gasteiger partial charge in [0.1, 0.15) is 13.2 Å². The van der Waals surface area contributed by atoms with Crippen LogP contribution in [0.25, 0.3) is 0 Å². The third kappa shape index (κ3) is 3.14. The van der Waals surface area contributed by atoms with Crippen molar-refractivity contribution in [1.29, 1.82) is 0 Å². The molecule has 0 saturated carbocycles. The number of benzene rings is 1. The molecular formula is C14H20N2O4S. The second kappa shape index (κ2) is 5.82. The van der Waals surface area contributed by atoms with Gasteiger partial charge in [-0.2, -0.15) is 0 Å². The van der Waals surface area contributed by atoms with E-state index in [-0.39, 0.29) is 17.0 Å². The Morgan fingerprint density at radius 2 is 2.00 bits per heavy atom. The fraction of sp³-hybridized carbons (Fsp3) is 0.571. The highest BCUT2D eigenvalue weighted by molar-refractivity contribution is 7.89. The predicted octanol–water partition coefficient (Wildman–Crippen LogP) is 0.877. The summed E-state index contributed by atoms with van der Waals surface area (Å²) >= 11 is 0. The van der Waals surface area contributed by atoms with E-state index in [4.69, 9.17) is 9.47 Å². The minimum Gasteiger partial charge on any atom is -0.486 e.